The Morgan fingerprint density at radius 1 is 0.330 bits per heavy atom. The van der Waals surface area contributed by atoms with Gasteiger partial charge in [0.05, 0.1) is 38.4 Å². The zero-order valence-electron chi connectivity index (χ0n) is 51.7. The highest BCUT2D eigenvalue weighted by atomic mass is 16.4. The summed E-state index contributed by atoms with van der Waals surface area (Å²) in [5.74, 6) is 2.57. The number of nitrogens with zero attached hydrogens (tertiary/aromatic N) is 5. The molecule has 9 nitrogen and oxygen atoms in total. The van der Waals surface area contributed by atoms with Crippen LogP contribution in [-0.2, 0) is 0 Å². The Bertz CT molecular complexity index is 5780. The zero-order valence-corrected chi connectivity index (χ0v) is 51.7. The largest absolute Gasteiger partial charge is 0.427 e. The van der Waals surface area contributed by atoms with E-state index < -0.39 is 0 Å². The van der Waals surface area contributed by atoms with E-state index >= 15 is 0 Å². The van der Waals surface area contributed by atoms with Crippen molar-refractivity contribution < 1.29 is 8.83 Å². The molecule has 0 unspecified atom stereocenters. The molecule has 0 N–H and O–H groups in total. The van der Waals surface area contributed by atoms with Crippen molar-refractivity contribution in [3.05, 3.63) is 329 Å². The third kappa shape index (κ3) is 10.1. The lowest BCUT2D eigenvalue weighted by Gasteiger charge is -2.18. The summed E-state index contributed by atoms with van der Waals surface area (Å²) in [4.78, 5) is 40.8. The van der Waals surface area contributed by atoms with Crippen molar-refractivity contribution in [1.29, 1.82) is 0 Å². The molecular formula is C85H59N5O4. The van der Waals surface area contributed by atoms with E-state index in [4.69, 9.17) is 23.8 Å². The lowest BCUT2D eigenvalue weighted by molar-refractivity contribution is 0.490. The molecule has 12 aromatic carbocycles. The number of fused-ring (bicyclic) bond motifs is 9. The standard InChI is InChI=1S/C43H27NO2.C42H32N4O2/c45-43-38-20-8-7-19-36(38)41-40(46-43)23-22-37-35-18-9-10-21-39(35)44(42(37)41)34-17-11-16-30(27-34)33-25-31(28-12-3-1-4-13-28)24-32(26-33)29-14-5-2-6-15-29;1-26(2)36-34-23-12-13-24-35(34)46(38(36)37-27(3)48-42(47)33-22-11-10-21-32(33)37)31-20-14-19-30(25-31)41-44-39(28-15-6-4-7-16-28)43-40(45-41)29-17-8-5-9-18-29/h1-27H;4-26H,1-3H3. The van der Waals surface area contributed by atoms with Gasteiger partial charge < -0.3 is 18.0 Å². The van der Waals surface area contributed by atoms with Gasteiger partial charge in [0.15, 0.2) is 17.5 Å². The summed E-state index contributed by atoms with van der Waals surface area (Å²) in [5.41, 5.74) is 17.9. The van der Waals surface area contributed by atoms with E-state index in [-0.39, 0.29) is 17.2 Å². The maximum Gasteiger partial charge on any atom is 0.344 e. The predicted molar refractivity (Wildman–Crippen MR) is 384 cm³/mol. The highest BCUT2D eigenvalue weighted by Crippen LogP contribution is 2.45. The fourth-order valence-corrected chi connectivity index (χ4v) is 13.6. The fraction of sp³-hybridized carbons (Fsp3) is 0.0471. The average molecular weight is 1210 g/mol. The van der Waals surface area contributed by atoms with E-state index in [0.717, 1.165) is 99.3 Å². The Hall–Kier alpha value is -12.3. The van der Waals surface area contributed by atoms with Gasteiger partial charge in [0, 0.05) is 60.6 Å². The number of hydrogen-bond acceptors (Lipinski definition) is 7. The third-order valence-electron chi connectivity index (χ3n) is 17.8. The minimum atomic E-state index is -0.333. The number of rotatable bonds is 10. The molecule has 448 valence electrons. The summed E-state index contributed by atoms with van der Waals surface area (Å²) in [6.45, 7) is 6.31. The second kappa shape index (κ2) is 23.8. The molecule has 9 heteroatoms. The quantitative estimate of drug-likeness (QED) is 0.0991. The van der Waals surface area contributed by atoms with Crippen LogP contribution in [0.2, 0.25) is 0 Å². The normalized spacial score (nSPS) is 11.5. The fourth-order valence-electron chi connectivity index (χ4n) is 13.6. The first-order chi connectivity index (χ1) is 46.2. The second-order valence-electron chi connectivity index (χ2n) is 23.9. The molecular weight excluding hydrogens is 1150 g/mol. The first-order valence-electron chi connectivity index (χ1n) is 31.6. The maximum atomic E-state index is 13.0. The highest BCUT2D eigenvalue weighted by molar-refractivity contribution is 6.24. The van der Waals surface area contributed by atoms with Crippen molar-refractivity contribution in [2.75, 3.05) is 0 Å². The molecule has 0 aliphatic heterocycles. The minimum Gasteiger partial charge on any atom is -0.427 e. The van der Waals surface area contributed by atoms with Gasteiger partial charge in [-0.25, -0.2) is 24.5 Å². The summed E-state index contributed by atoms with van der Waals surface area (Å²) in [5, 5.41) is 7.26. The summed E-state index contributed by atoms with van der Waals surface area (Å²) >= 11 is 0. The third-order valence-corrected chi connectivity index (χ3v) is 17.8. The monoisotopic (exact) mass is 1210 g/mol. The van der Waals surface area contributed by atoms with E-state index in [1.807, 2.05) is 134 Å². The van der Waals surface area contributed by atoms with E-state index in [9.17, 15) is 9.59 Å². The molecule has 5 heterocycles. The van der Waals surface area contributed by atoms with Crippen LogP contribution in [0.5, 0.6) is 0 Å². The van der Waals surface area contributed by atoms with Gasteiger partial charge in [0.1, 0.15) is 11.3 Å². The van der Waals surface area contributed by atoms with E-state index in [1.165, 1.54) is 27.8 Å². The number of aryl methyl sites for hydroxylation is 1. The highest BCUT2D eigenvalue weighted by Gasteiger charge is 2.27. The Labute approximate surface area is 541 Å². The Morgan fingerprint density at radius 3 is 1.32 bits per heavy atom. The topological polar surface area (TPSA) is 109 Å². The number of benzene rings is 12. The van der Waals surface area contributed by atoms with Crippen molar-refractivity contribution in [3.63, 3.8) is 0 Å². The molecule has 5 aromatic heterocycles. The summed E-state index contributed by atoms with van der Waals surface area (Å²) < 4.78 is 16.4. The van der Waals surface area contributed by atoms with E-state index in [2.05, 4.69) is 193 Å². The van der Waals surface area contributed by atoms with Crippen LogP contribution < -0.4 is 11.3 Å². The zero-order chi connectivity index (χ0) is 63.4. The lowest BCUT2D eigenvalue weighted by Crippen LogP contribution is -2.07. The van der Waals surface area contributed by atoms with Crippen LogP contribution in [0.15, 0.2) is 316 Å². The molecule has 0 saturated heterocycles. The molecule has 0 fully saturated rings. The van der Waals surface area contributed by atoms with Crippen LogP contribution in [-0.4, -0.2) is 24.1 Å². The van der Waals surface area contributed by atoms with Crippen molar-refractivity contribution in [2.45, 2.75) is 26.7 Å². The Kier molecular flexibility index (Phi) is 14.4. The number of hydrogen-bond donors (Lipinski definition) is 0. The van der Waals surface area contributed by atoms with Crippen LogP contribution in [0, 0.1) is 6.92 Å². The van der Waals surface area contributed by atoms with Gasteiger partial charge in [-0.15, -0.1) is 0 Å². The van der Waals surface area contributed by atoms with E-state index in [1.54, 1.807) is 0 Å². The lowest BCUT2D eigenvalue weighted by atomic mass is 9.93. The molecule has 0 bridgehead atoms. The molecule has 0 aliphatic carbocycles. The molecule has 0 atom stereocenters. The first-order valence-corrected chi connectivity index (χ1v) is 31.6. The van der Waals surface area contributed by atoms with Crippen molar-refractivity contribution in [1.82, 2.24) is 24.1 Å². The molecule has 0 spiro atoms. The van der Waals surface area contributed by atoms with Crippen molar-refractivity contribution >= 4 is 65.2 Å². The van der Waals surface area contributed by atoms with Gasteiger partial charge in [-0.3, -0.25) is 0 Å². The summed E-state index contributed by atoms with van der Waals surface area (Å²) in [7, 11) is 0. The van der Waals surface area contributed by atoms with Gasteiger partial charge in [0.2, 0.25) is 0 Å². The summed E-state index contributed by atoms with van der Waals surface area (Å²) in [6.07, 6.45) is 0. The van der Waals surface area contributed by atoms with Crippen LogP contribution in [0.25, 0.3) is 155 Å². The molecule has 0 aliphatic rings. The van der Waals surface area contributed by atoms with Gasteiger partial charge in [0.25, 0.3) is 0 Å². The maximum absolute atomic E-state index is 13.0. The molecule has 0 radical (unpaired) electrons. The number of aromatic nitrogens is 5. The van der Waals surface area contributed by atoms with Gasteiger partial charge in [-0.05, 0) is 131 Å². The first kappa shape index (κ1) is 56.9. The van der Waals surface area contributed by atoms with Gasteiger partial charge in [-0.2, -0.15) is 0 Å². The van der Waals surface area contributed by atoms with Gasteiger partial charge in [-0.1, -0.05) is 232 Å². The summed E-state index contributed by atoms with van der Waals surface area (Å²) in [6, 6.07) is 101. The average Bonchev–Trinajstić information content (AvgIpc) is 1.54. The van der Waals surface area contributed by atoms with Crippen LogP contribution in [0.1, 0.15) is 31.1 Å². The smallest absolute Gasteiger partial charge is 0.344 e. The second-order valence-corrected chi connectivity index (χ2v) is 23.9. The SMILES string of the molecule is Cc1oc(=O)c2ccccc2c1-c1c(C(C)C)c2ccccc2n1-c1cccc(-c2nc(-c3ccccc3)nc(-c3ccccc3)n2)c1.O=c1oc2ccc3c4ccccc4n(-c4cccc(-c5cc(-c6ccccc6)cc(-c6ccccc6)c5)c4)c3c2c2ccccc12. The van der Waals surface area contributed by atoms with Crippen LogP contribution in [0.4, 0.5) is 0 Å². The van der Waals surface area contributed by atoms with Crippen molar-refractivity contribution in [3.8, 4) is 90.2 Å². The molecule has 17 aromatic rings. The van der Waals surface area contributed by atoms with Crippen LogP contribution >= 0.6 is 0 Å². The van der Waals surface area contributed by atoms with Crippen LogP contribution in [0.3, 0.4) is 0 Å². The number of para-hydroxylation sites is 2. The minimum absolute atomic E-state index is 0.185. The van der Waals surface area contributed by atoms with Crippen molar-refractivity contribution in [2.24, 2.45) is 0 Å². The van der Waals surface area contributed by atoms with Gasteiger partial charge >= 0.3 is 11.3 Å². The molecule has 0 amide bonds. The molecule has 0 saturated carbocycles. The Balaban J connectivity index is 0.000000149. The van der Waals surface area contributed by atoms with E-state index in [0.29, 0.717) is 39.6 Å². The Morgan fingerprint density at radius 2 is 0.745 bits per heavy atom. The predicted octanol–water partition coefficient (Wildman–Crippen LogP) is 21.1. The molecule has 17 rings (SSSR count). The molecule has 94 heavy (non-hydrogen) atoms.